The molecule has 0 saturated heterocycles. The van der Waals surface area contributed by atoms with Gasteiger partial charge in [0.1, 0.15) is 23.1 Å². The van der Waals surface area contributed by atoms with Crippen LogP contribution in [0.3, 0.4) is 0 Å². The van der Waals surface area contributed by atoms with Crippen LogP contribution in [0.15, 0.2) is 30.7 Å². The van der Waals surface area contributed by atoms with E-state index in [1.54, 1.807) is 12.4 Å². The third kappa shape index (κ3) is 4.21. The molecule has 0 spiro atoms. The van der Waals surface area contributed by atoms with Crippen molar-refractivity contribution in [1.29, 1.82) is 5.26 Å². The Hall–Kier alpha value is -3.18. The van der Waals surface area contributed by atoms with E-state index < -0.39 is 0 Å². The highest BCUT2D eigenvalue weighted by Gasteiger charge is 2.35. The molecule has 2 atom stereocenters. The van der Waals surface area contributed by atoms with E-state index in [1.807, 2.05) is 12.3 Å². The van der Waals surface area contributed by atoms with Crippen molar-refractivity contribution >= 4 is 22.8 Å². The van der Waals surface area contributed by atoms with Gasteiger partial charge in [-0.1, -0.05) is 13.8 Å². The summed E-state index contributed by atoms with van der Waals surface area (Å²) in [7, 11) is 0. The first kappa shape index (κ1) is 20.1. The zero-order chi connectivity index (χ0) is 21.1. The second-order valence-corrected chi connectivity index (χ2v) is 8.59. The van der Waals surface area contributed by atoms with Crippen molar-refractivity contribution in [3.8, 4) is 6.07 Å². The largest absolute Gasteiger partial charge is 0.393 e. The normalized spacial score (nSPS) is 20.6. The highest BCUT2D eigenvalue weighted by atomic mass is 16.3. The van der Waals surface area contributed by atoms with Crippen molar-refractivity contribution in [2.24, 2.45) is 5.41 Å². The van der Waals surface area contributed by atoms with Gasteiger partial charge in [0.25, 0.3) is 0 Å². The number of nitrogens with one attached hydrogen (secondary N) is 3. The lowest BCUT2D eigenvalue weighted by Gasteiger charge is -2.40. The zero-order valence-electron chi connectivity index (χ0n) is 17.3. The number of pyridine rings is 1. The number of aliphatic hydroxyl groups is 1. The molecule has 1 saturated carbocycles. The van der Waals surface area contributed by atoms with Crippen molar-refractivity contribution in [3.63, 3.8) is 0 Å². The van der Waals surface area contributed by atoms with Gasteiger partial charge in [-0.3, -0.25) is 0 Å². The van der Waals surface area contributed by atoms with E-state index in [1.165, 1.54) is 5.56 Å². The van der Waals surface area contributed by atoms with Crippen LogP contribution in [0.5, 0.6) is 0 Å². The van der Waals surface area contributed by atoms with E-state index in [0.29, 0.717) is 23.9 Å². The molecule has 0 aliphatic heterocycles. The van der Waals surface area contributed by atoms with Crippen LogP contribution in [-0.4, -0.2) is 43.7 Å². The highest BCUT2D eigenvalue weighted by molar-refractivity contribution is 5.79. The molecule has 0 aromatic carbocycles. The van der Waals surface area contributed by atoms with Gasteiger partial charge in [0.2, 0.25) is 5.95 Å². The molecule has 4 rings (SSSR count). The number of aromatic amines is 1. The average molecular weight is 406 g/mol. The molecule has 0 unspecified atom stereocenters. The monoisotopic (exact) mass is 405 g/mol. The summed E-state index contributed by atoms with van der Waals surface area (Å²) in [5, 5.41) is 27.4. The van der Waals surface area contributed by atoms with Gasteiger partial charge in [0.05, 0.1) is 12.3 Å². The van der Waals surface area contributed by atoms with Gasteiger partial charge >= 0.3 is 0 Å². The summed E-state index contributed by atoms with van der Waals surface area (Å²) in [6, 6.07) is 6.31. The lowest BCUT2D eigenvalue weighted by atomic mass is 9.73. The molecule has 3 aromatic rings. The number of nitrogens with zero attached hydrogens (tertiary/aromatic N) is 4. The topological polar surface area (TPSA) is 123 Å². The predicted octanol–water partition coefficient (Wildman–Crippen LogP) is 3.23. The number of aromatic nitrogens is 4. The molecule has 0 radical (unpaired) electrons. The molecule has 30 heavy (non-hydrogen) atoms. The van der Waals surface area contributed by atoms with Gasteiger partial charge in [-0.25, -0.2) is 9.97 Å². The summed E-state index contributed by atoms with van der Waals surface area (Å²) < 4.78 is 0. The number of hydrogen-bond donors (Lipinski definition) is 4. The third-order valence-corrected chi connectivity index (χ3v) is 5.93. The number of anilines is 2. The number of fused-ring (bicyclic) bond motifs is 1. The minimum absolute atomic E-state index is 0.162. The fraction of sp³-hybridized carbons (Fsp3) is 0.455. The van der Waals surface area contributed by atoms with Crippen molar-refractivity contribution in [2.45, 2.75) is 51.7 Å². The number of H-pyrrole nitrogens is 1. The lowest BCUT2D eigenvalue weighted by molar-refractivity contribution is 0.00926. The fourth-order valence-corrected chi connectivity index (χ4v) is 4.13. The van der Waals surface area contributed by atoms with Gasteiger partial charge in [0.15, 0.2) is 0 Å². The molecule has 1 fully saturated rings. The van der Waals surface area contributed by atoms with Crippen LogP contribution >= 0.6 is 0 Å². The van der Waals surface area contributed by atoms with Gasteiger partial charge < -0.3 is 20.7 Å². The second kappa shape index (κ2) is 8.28. The standard InChI is InChI=1S/C22H27N7O/c1-22(2)10-16(5-6-18(22)30)28-19-15(11-23)13-27-21(29-19)25-9-7-14-12-26-20-17(14)4-3-8-24-20/h3-4,8,12-13,16,18,30H,5-7,9-10H2,1-2H3,(H,24,26)(H2,25,27,28,29)/t16-,18+/m1/s1. The molecule has 0 amide bonds. The van der Waals surface area contributed by atoms with Crippen molar-refractivity contribution in [2.75, 3.05) is 17.2 Å². The molecule has 3 heterocycles. The van der Waals surface area contributed by atoms with Gasteiger partial charge in [-0.15, -0.1) is 0 Å². The molecule has 4 N–H and O–H groups in total. The van der Waals surface area contributed by atoms with Crippen LogP contribution in [0, 0.1) is 16.7 Å². The van der Waals surface area contributed by atoms with E-state index in [0.717, 1.165) is 36.7 Å². The van der Waals surface area contributed by atoms with Crippen LogP contribution in [0.25, 0.3) is 11.0 Å². The summed E-state index contributed by atoms with van der Waals surface area (Å²) in [5.74, 6) is 1.04. The first-order valence-corrected chi connectivity index (χ1v) is 10.3. The fourth-order valence-electron chi connectivity index (χ4n) is 4.13. The van der Waals surface area contributed by atoms with Crippen LogP contribution < -0.4 is 10.6 Å². The maximum absolute atomic E-state index is 10.2. The Balaban J connectivity index is 1.42. The molecular weight excluding hydrogens is 378 g/mol. The summed E-state index contributed by atoms with van der Waals surface area (Å²) in [6.45, 7) is 4.81. The minimum Gasteiger partial charge on any atom is -0.393 e. The van der Waals surface area contributed by atoms with E-state index in [4.69, 9.17) is 0 Å². The number of rotatable bonds is 6. The van der Waals surface area contributed by atoms with E-state index >= 15 is 0 Å². The maximum atomic E-state index is 10.2. The molecular formula is C22H27N7O. The Kier molecular flexibility index (Phi) is 5.55. The van der Waals surface area contributed by atoms with Gasteiger partial charge in [-0.05, 0) is 48.8 Å². The SMILES string of the molecule is CC1(C)C[C@H](Nc2nc(NCCc3c[nH]c4ncccc34)ncc2C#N)CC[C@@H]1O. The predicted molar refractivity (Wildman–Crippen MR) is 116 cm³/mol. The molecule has 156 valence electrons. The first-order valence-electron chi connectivity index (χ1n) is 10.3. The molecule has 8 nitrogen and oxygen atoms in total. The summed E-state index contributed by atoms with van der Waals surface area (Å²) in [6.07, 6.45) is 8.20. The Labute approximate surface area is 175 Å². The van der Waals surface area contributed by atoms with Crippen molar-refractivity contribution in [1.82, 2.24) is 19.9 Å². The summed E-state index contributed by atoms with van der Waals surface area (Å²) >= 11 is 0. The smallest absolute Gasteiger partial charge is 0.224 e. The van der Waals surface area contributed by atoms with Crippen molar-refractivity contribution < 1.29 is 5.11 Å². The molecule has 3 aromatic heterocycles. The minimum atomic E-state index is -0.298. The molecule has 0 bridgehead atoms. The van der Waals surface area contributed by atoms with E-state index in [-0.39, 0.29) is 17.6 Å². The van der Waals surface area contributed by atoms with Crippen molar-refractivity contribution in [3.05, 3.63) is 41.9 Å². The summed E-state index contributed by atoms with van der Waals surface area (Å²) in [4.78, 5) is 16.3. The van der Waals surface area contributed by atoms with Crippen LogP contribution in [0.2, 0.25) is 0 Å². The van der Waals surface area contributed by atoms with E-state index in [2.05, 4.69) is 56.6 Å². The lowest BCUT2D eigenvalue weighted by Crippen LogP contribution is -2.41. The quantitative estimate of drug-likeness (QED) is 0.496. The first-order chi connectivity index (χ1) is 14.5. The number of hydrogen-bond acceptors (Lipinski definition) is 7. The highest BCUT2D eigenvalue weighted by Crippen LogP contribution is 2.36. The summed E-state index contributed by atoms with van der Waals surface area (Å²) in [5.41, 5.74) is 2.33. The van der Waals surface area contributed by atoms with Crippen LogP contribution in [-0.2, 0) is 6.42 Å². The third-order valence-electron chi connectivity index (χ3n) is 5.93. The number of nitriles is 1. The van der Waals surface area contributed by atoms with E-state index in [9.17, 15) is 10.4 Å². The molecule has 8 heteroatoms. The molecule has 1 aliphatic rings. The molecule has 1 aliphatic carbocycles. The van der Waals surface area contributed by atoms with Crippen LogP contribution in [0.1, 0.15) is 44.2 Å². The van der Waals surface area contributed by atoms with Crippen LogP contribution in [0.4, 0.5) is 11.8 Å². The van der Waals surface area contributed by atoms with Gasteiger partial charge in [-0.2, -0.15) is 10.2 Å². The Morgan fingerprint density at radius 1 is 1.33 bits per heavy atom. The average Bonchev–Trinajstić information content (AvgIpc) is 3.14. The number of aliphatic hydroxyl groups excluding tert-OH is 1. The maximum Gasteiger partial charge on any atom is 0.224 e. The second-order valence-electron chi connectivity index (χ2n) is 8.59. The Bertz CT molecular complexity index is 1070. The zero-order valence-corrected chi connectivity index (χ0v) is 17.3. The van der Waals surface area contributed by atoms with Gasteiger partial charge in [0, 0.05) is 30.4 Å². The Morgan fingerprint density at radius 3 is 3.00 bits per heavy atom. The Morgan fingerprint density at radius 2 is 2.20 bits per heavy atom.